The van der Waals surface area contributed by atoms with Crippen molar-refractivity contribution in [3.8, 4) is 0 Å². The average molecular weight is 562 g/mol. The van der Waals surface area contributed by atoms with Crippen molar-refractivity contribution in [2.45, 2.75) is 32.6 Å². The maximum absolute atomic E-state index is 13.6. The van der Waals surface area contributed by atoms with Gasteiger partial charge >= 0.3 is 0 Å². The molecule has 3 aromatic rings. The fraction of sp³-hybridized carbons (Fsp3) is 0.433. The number of nitrogens with one attached hydrogen (secondary N) is 2. The highest BCUT2D eigenvalue weighted by molar-refractivity contribution is 6.19. The second-order valence-corrected chi connectivity index (χ2v) is 10.8. The first-order valence-corrected chi connectivity index (χ1v) is 13.9. The third-order valence-corrected chi connectivity index (χ3v) is 7.74. The minimum absolute atomic E-state index is 0.0691. The van der Waals surface area contributed by atoms with E-state index >= 15 is 0 Å². The summed E-state index contributed by atoms with van der Waals surface area (Å²) < 4.78 is 11.4. The zero-order valence-electron chi connectivity index (χ0n) is 23.6. The molecule has 41 heavy (non-hydrogen) atoms. The number of nitrogens with zero attached hydrogens (tertiary/aromatic N) is 3. The molecular weight excluding hydrogens is 526 g/mol. The van der Waals surface area contributed by atoms with Gasteiger partial charge in [0.05, 0.1) is 24.2 Å². The lowest BCUT2D eigenvalue weighted by atomic mass is 9.81. The minimum atomic E-state index is -0.599. The number of pyridine rings is 1. The Morgan fingerprint density at radius 1 is 0.951 bits per heavy atom. The van der Waals surface area contributed by atoms with Crippen LogP contribution in [0.1, 0.15) is 52.2 Å². The number of anilines is 2. The molecule has 0 unspecified atom stereocenters. The highest BCUT2D eigenvalue weighted by atomic mass is 16.5. The molecule has 2 aromatic heterocycles. The van der Waals surface area contributed by atoms with Gasteiger partial charge in [-0.05, 0) is 56.4 Å². The third-order valence-electron chi connectivity index (χ3n) is 7.74. The first-order chi connectivity index (χ1) is 19.7. The summed E-state index contributed by atoms with van der Waals surface area (Å²) in [6.45, 7) is 3.65. The number of rotatable bonds is 6. The second kappa shape index (κ2) is 12.1. The lowest BCUT2D eigenvalue weighted by molar-refractivity contribution is -0.135. The van der Waals surface area contributed by atoms with Crippen LogP contribution >= 0.6 is 0 Å². The number of furan rings is 1. The molecule has 4 amide bonds. The van der Waals surface area contributed by atoms with Crippen LogP contribution in [0.15, 0.2) is 40.9 Å². The average Bonchev–Trinajstić information content (AvgIpc) is 3.36. The lowest BCUT2D eigenvalue weighted by Gasteiger charge is -2.29. The fourth-order valence-electron chi connectivity index (χ4n) is 5.45. The number of aryl methyl sites for hydroxylation is 1. The van der Waals surface area contributed by atoms with Gasteiger partial charge in [-0.15, -0.1) is 0 Å². The van der Waals surface area contributed by atoms with Crippen molar-refractivity contribution in [2.75, 3.05) is 51.0 Å². The second-order valence-electron chi connectivity index (χ2n) is 10.8. The Bertz CT molecular complexity index is 1450. The summed E-state index contributed by atoms with van der Waals surface area (Å²) >= 11 is 0. The number of fused-ring (bicyclic) bond motifs is 1. The van der Waals surface area contributed by atoms with E-state index in [2.05, 4.69) is 15.6 Å². The number of benzene rings is 1. The van der Waals surface area contributed by atoms with Crippen molar-refractivity contribution in [3.63, 3.8) is 0 Å². The topological polar surface area (TPSA) is 134 Å². The van der Waals surface area contributed by atoms with E-state index in [1.807, 2.05) is 13.0 Å². The standard InChI is InChI=1S/C30H35N5O6/c1-18-7-12-23(31-17-18)32-28(37)26-25(33-27(36)19-8-10-20(11-9-19)29(38)34(2)3)24-21(5-4-6-22(24)41-26)30(39)35-13-15-40-16-14-35/h4-7,12,17,19-20H,8-11,13-16H2,1-3H3,(H,33,36)(H,31,32,37). The Balaban J connectivity index is 1.47. The van der Waals surface area contributed by atoms with Gasteiger partial charge < -0.3 is 29.6 Å². The van der Waals surface area contributed by atoms with Gasteiger partial charge in [0.25, 0.3) is 11.8 Å². The monoisotopic (exact) mass is 561 g/mol. The van der Waals surface area contributed by atoms with Gasteiger partial charge in [0.2, 0.25) is 17.6 Å². The fourth-order valence-corrected chi connectivity index (χ4v) is 5.45. The number of hydrogen-bond donors (Lipinski definition) is 2. The number of aromatic nitrogens is 1. The highest BCUT2D eigenvalue weighted by Gasteiger charge is 2.33. The van der Waals surface area contributed by atoms with Crippen molar-refractivity contribution >= 4 is 46.1 Å². The third kappa shape index (κ3) is 6.09. The van der Waals surface area contributed by atoms with Crippen LogP contribution in [0.2, 0.25) is 0 Å². The van der Waals surface area contributed by atoms with Gasteiger partial charge in [-0.1, -0.05) is 12.1 Å². The van der Waals surface area contributed by atoms with Crippen LogP contribution in [0, 0.1) is 18.8 Å². The molecule has 216 valence electrons. The van der Waals surface area contributed by atoms with E-state index in [9.17, 15) is 19.2 Å². The number of carbonyl (C=O) groups is 4. The molecule has 2 aliphatic rings. The van der Waals surface area contributed by atoms with Gasteiger partial charge in [0.15, 0.2) is 0 Å². The molecule has 1 saturated heterocycles. The van der Waals surface area contributed by atoms with Crippen LogP contribution < -0.4 is 10.6 Å². The van der Waals surface area contributed by atoms with E-state index < -0.39 is 5.91 Å². The molecule has 2 fully saturated rings. The van der Waals surface area contributed by atoms with Crippen LogP contribution in [-0.4, -0.2) is 78.8 Å². The maximum Gasteiger partial charge on any atom is 0.294 e. The van der Waals surface area contributed by atoms with Gasteiger partial charge in [-0.3, -0.25) is 19.2 Å². The van der Waals surface area contributed by atoms with Gasteiger partial charge in [0.1, 0.15) is 17.1 Å². The molecule has 2 N–H and O–H groups in total. The van der Waals surface area contributed by atoms with Gasteiger partial charge in [-0.25, -0.2) is 4.98 Å². The molecule has 1 aliphatic heterocycles. The number of carbonyl (C=O) groups excluding carboxylic acids is 4. The van der Waals surface area contributed by atoms with Crippen molar-refractivity contribution in [1.29, 1.82) is 0 Å². The first kappa shape index (κ1) is 28.3. The van der Waals surface area contributed by atoms with E-state index in [-0.39, 0.29) is 41.0 Å². The van der Waals surface area contributed by atoms with Crippen molar-refractivity contribution in [2.24, 2.45) is 11.8 Å². The first-order valence-electron chi connectivity index (χ1n) is 13.9. The molecule has 1 saturated carbocycles. The predicted molar refractivity (Wildman–Crippen MR) is 153 cm³/mol. The molecule has 1 aliphatic carbocycles. The highest BCUT2D eigenvalue weighted by Crippen LogP contribution is 2.37. The van der Waals surface area contributed by atoms with Crippen LogP contribution in [0.3, 0.4) is 0 Å². The molecule has 11 heteroatoms. The Labute approximate surface area is 238 Å². The lowest BCUT2D eigenvalue weighted by Crippen LogP contribution is -2.40. The molecule has 0 bridgehead atoms. The Hall–Kier alpha value is -4.25. The SMILES string of the molecule is Cc1ccc(NC(=O)c2oc3cccc(C(=O)N4CCOCC4)c3c2NC(=O)C2CCC(C(=O)N(C)C)CC2)nc1. The number of amides is 4. The Morgan fingerprint density at radius 2 is 1.66 bits per heavy atom. The largest absolute Gasteiger partial charge is 0.449 e. The van der Waals surface area contributed by atoms with E-state index in [4.69, 9.17) is 9.15 Å². The molecule has 0 radical (unpaired) electrons. The summed E-state index contributed by atoms with van der Waals surface area (Å²) in [6.07, 6.45) is 3.93. The molecule has 0 atom stereocenters. The molecule has 5 rings (SSSR count). The van der Waals surface area contributed by atoms with Crippen molar-refractivity contribution in [3.05, 3.63) is 53.4 Å². The van der Waals surface area contributed by atoms with Crippen molar-refractivity contribution < 1.29 is 28.3 Å². The van der Waals surface area contributed by atoms with Gasteiger partial charge in [-0.2, -0.15) is 0 Å². The predicted octanol–water partition coefficient (Wildman–Crippen LogP) is 3.69. The minimum Gasteiger partial charge on any atom is -0.449 e. The quantitative estimate of drug-likeness (QED) is 0.469. The van der Waals surface area contributed by atoms with E-state index in [0.29, 0.717) is 74.3 Å². The molecule has 1 aromatic carbocycles. The summed E-state index contributed by atoms with van der Waals surface area (Å²) in [7, 11) is 3.47. The zero-order valence-corrected chi connectivity index (χ0v) is 23.6. The number of ether oxygens (including phenoxy) is 1. The molecule has 11 nitrogen and oxygen atoms in total. The summed E-state index contributed by atoms with van der Waals surface area (Å²) in [6, 6.07) is 8.53. The van der Waals surface area contributed by atoms with Crippen LogP contribution in [0.5, 0.6) is 0 Å². The van der Waals surface area contributed by atoms with E-state index in [1.165, 1.54) is 0 Å². The number of morpholine rings is 1. The van der Waals surface area contributed by atoms with Gasteiger partial charge in [0, 0.05) is 45.2 Å². The summed E-state index contributed by atoms with van der Waals surface area (Å²) in [5.41, 5.74) is 1.73. The zero-order chi connectivity index (χ0) is 29.1. The Kier molecular flexibility index (Phi) is 8.34. The molecular formula is C30H35N5O6. The number of hydrogen-bond acceptors (Lipinski definition) is 7. The van der Waals surface area contributed by atoms with E-state index in [1.54, 1.807) is 54.4 Å². The summed E-state index contributed by atoms with van der Waals surface area (Å²) in [5.74, 6) is -1.28. The van der Waals surface area contributed by atoms with E-state index in [0.717, 1.165) is 5.56 Å². The maximum atomic E-state index is 13.6. The van der Waals surface area contributed by atoms with Crippen LogP contribution in [-0.2, 0) is 14.3 Å². The summed E-state index contributed by atoms with van der Waals surface area (Å²) in [4.78, 5) is 60.5. The summed E-state index contributed by atoms with van der Waals surface area (Å²) in [5, 5.41) is 6.04. The smallest absolute Gasteiger partial charge is 0.294 e. The molecule has 0 spiro atoms. The normalized spacial score (nSPS) is 19.0. The van der Waals surface area contributed by atoms with Crippen molar-refractivity contribution in [1.82, 2.24) is 14.8 Å². The van der Waals surface area contributed by atoms with Crippen LogP contribution in [0.25, 0.3) is 11.0 Å². The Morgan fingerprint density at radius 3 is 2.32 bits per heavy atom. The van der Waals surface area contributed by atoms with Crippen LogP contribution in [0.4, 0.5) is 11.5 Å². The molecule has 3 heterocycles.